The van der Waals surface area contributed by atoms with E-state index in [0.717, 1.165) is 16.7 Å². The number of likely N-dealkylation sites (tertiary alicyclic amines) is 1. The van der Waals surface area contributed by atoms with E-state index in [4.69, 9.17) is 9.47 Å². The second kappa shape index (κ2) is 18.9. The molecule has 0 aliphatic carbocycles. The average Bonchev–Trinajstić information content (AvgIpc) is 3.51. The zero-order chi connectivity index (χ0) is 46.1. The lowest BCUT2D eigenvalue weighted by Gasteiger charge is -2.39. The van der Waals surface area contributed by atoms with Gasteiger partial charge in [0, 0.05) is 54.1 Å². The molecule has 12 nitrogen and oxygen atoms in total. The highest BCUT2D eigenvalue weighted by Gasteiger charge is 2.38. The first-order chi connectivity index (χ1) is 30.3. The van der Waals surface area contributed by atoms with Crippen molar-refractivity contribution in [2.45, 2.75) is 104 Å². The first-order valence-corrected chi connectivity index (χ1v) is 22.2. The van der Waals surface area contributed by atoms with E-state index in [0.29, 0.717) is 65.9 Å². The van der Waals surface area contributed by atoms with Crippen molar-refractivity contribution in [2.75, 3.05) is 32.8 Å². The van der Waals surface area contributed by atoms with Crippen LogP contribution in [-0.2, 0) is 48.0 Å². The summed E-state index contributed by atoms with van der Waals surface area (Å²) in [7, 11) is 0. The number of rotatable bonds is 10. The van der Waals surface area contributed by atoms with E-state index >= 15 is 0 Å². The summed E-state index contributed by atoms with van der Waals surface area (Å²) in [6.07, 6.45) is -0.583. The molecule has 3 aliphatic rings. The number of carbonyl (C=O) groups excluding carboxylic acids is 4. The minimum absolute atomic E-state index is 0.0457. The normalized spacial score (nSPS) is 20.2. The number of ether oxygens (including phenoxy) is 2. The van der Waals surface area contributed by atoms with Crippen molar-refractivity contribution in [1.82, 2.24) is 30.2 Å². The third kappa shape index (κ3) is 10.4. The molecule has 2 aromatic carbocycles. The lowest BCUT2D eigenvalue weighted by molar-refractivity contribution is -0.155. The Morgan fingerprint density at radius 1 is 1.06 bits per heavy atom. The van der Waals surface area contributed by atoms with Crippen LogP contribution in [0.1, 0.15) is 77.1 Å². The first-order valence-electron chi connectivity index (χ1n) is 22.2. The van der Waals surface area contributed by atoms with Gasteiger partial charge in [-0.2, -0.15) is 13.2 Å². The molecule has 6 bridgehead atoms. The molecule has 2 saturated heterocycles. The molecule has 2 N–H and O–H groups in total. The van der Waals surface area contributed by atoms with Crippen LogP contribution in [0.4, 0.5) is 13.2 Å². The van der Waals surface area contributed by atoms with Crippen molar-refractivity contribution in [3.8, 4) is 22.4 Å². The van der Waals surface area contributed by atoms with Crippen molar-refractivity contribution in [3.05, 3.63) is 90.3 Å². The molecule has 64 heavy (non-hydrogen) atoms. The van der Waals surface area contributed by atoms with Gasteiger partial charge in [0.05, 0.1) is 36.6 Å². The van der Waals surface area contributed by atoms with E-state index in [1.165, 1.54) is 15.7 Å². The molecule has 4 aromatic rings. The second-order valence-electron chi connectivity index (χ2n) is 18.8. The van der Waals surface area contributed by atoms with Crippen molar-refractivity contribution < 1.29 is 41.8 Å². The van der Waals surface area contributed by atoms with Crippen LogP contribution < -0.4 is 10.7 Å². The molecule has 3 amide bonds. The van der Waals surface area contributed by atoms with Crippen LogP contribution in [0.2, 0.25) is 0 Å². The summed E-state index contributed by atoms with van der Waals surface area (Å²) in [5.74, 6) is -2.38. The van der Waals surface area contributed by atoms with E-state index < -0.39 is 48.0 Å². The van der Waals surface area contributed by atoms with Gasteiger partial charge < -0.3 is 24.3 Å². The quantitative estimate of drug-likeness (QED) is 0.125. The lowest BCUT2D eigenvalue weighted by atomic mass is 9.83. The van der Waals surface area contributed by atoms with Gasteiger partial charge in [0.2, 0.25) is 11.8 Å². The third-order valence-electron chi connectivity index (χ3n) is 12.4. The van der Waals surface area contributed by atoms with Crippen molar-refractivity contribution in [3.63, 3.8) is 0 Å². The Morgan fingerprint density at radius 3 is 2.52 bits per heavy atom. The molecule has 0 unspecified atom stereocenters. The molecular formula is C49H59F3N6O6. The fourth-order valence-electron chi connectivity index (χ4n) is 8.97. The monoisotopic (exact) mass is 884 g/mol. The maximum absolute atomic E-state index is 14.6. The van der Waals surface area contributed by atoms with Gasteiger partial charge in [-0.1, -0.05) is 78.5 Å². The standard InChI is InChI=1S/C49H59F3N6O6/c1-8-42(59)56-24-34(25-56)63-26-38(29(2)3)45(60)54-40-21-31-12-9-13-32(20-31)33-16-17-41-36(22-33)37(23-48(6,7)28-64-47(62)39-15-11-19-58(55-39)46(40)61)44(57(41)27-49(50,51)52)35-14-10-18-53-43(35)30(4)5/h8-10,12-14,16-18,20,22,29-30,34,38-40,55H,1,11,15,19,21,23-28H2,2-7H3,(H,54,60)/t38-,39-,40-/m0/s1. The highest BCUT2D eigenvalue weighted by atomic mass is 19.4. The molecule has 2 fully saturated rings. The average molecular weight is 885 g/mol. The summed E-state index contributed by atoms with van der Waals surface area (Å²) in [4.78, 5) is 60.7. The second-order valence-corrected chi connectivity index (χ2v) is 18.8. The first kappa shape index (κ1) is 46.5. The fourth-order valence-corrected chi connectivity index (χ4v) is 8.97. The largest absolute Gasteiger partial charge is 0.464 e. The molecule has 7 rings (SSSR count). The highest BCUT2D eigenvalue weighted by molar-refractivity contribution is 5.95. The number of alkyl halides is 3. The number of pyridine rings is 1. The number of carbonyl (C=O) groups is 4. The number of hydrogen-bond acceptors (Lipinski definition) is 8. The summed E-state index contributed by atoms with van der Waals surface area (Å²) in [6.45, 7) is 15.0. The van der Waals surface area contributed by atoms with E-state index in [1.54, 1.807) is 23.2 Å². The summed E-state index contributed by atoms with van der Waals surface area (Å²) in [5, 5.41) is 5.06. The molecule has 5 heterocycles. The number of aromatic nitrogens is 2. The van der Waals surface area contributed by atoms with Crippen LogP contribution in [0, 0.1) is 17.3 Å². The Morgan fingerprint density at radius 2 is 1.81 bits per heavy atom. The van der Waals surface area contributed by atoms with Gasteiger partial charge in [0.1, 0.15) is 18.6 Å². The zero-order valence-electron chi connectivity index (χ0n) is 37.5. The number of benzene rings is 2. The lowest BCUT2D eigenvalue weighted by Crippen LogP contribution is -2.61. The van der Waals surface area contributed by atoms with Crippen LogP contribution in [0.5, 0.6) is 0 Å². The SMILES string of the molecule is C=CC(=O)N1CC(OC[C@H](C(=O)N[C@H]2Cc3cccc(c3)-c3ccc4c(c3)c(c(-c3cccnc3C(C)C)n4CC(F)(F)F)CC(C)(C)COC(=O)[C@@H]3CCCN(N3)C2=O)C(C)C)C1. The molecular weight excluding hydrogens is 826 g/mol. The summed E-state index contributed by atoms with van der Waals surface area (Å²) in [6, 6.07) is 14.7. The molecule has 3 atom stereocenters. The van der Waals surface area contributed by atoms with E-state index in [2.05, 4.69) is 22.3 Å². The molecule has 0 saturated carbocycles. The van der Waals surface area contributed by atoms with Gasteiger partial charge in [-0.3, -0.25) is 29.2 Å². The van der Waals surface area contributed by atoms with Gasteiger partial charge in [-0.05, 0) is 83.7 Å². The van der Waals surface area contributed by atoms with Crippen LogP contribution in [-0.4, -0.2) is 100 Å². The van der Waals surface area contributed by atoms with Gasteiger partial charge in [-0.25, -0.2) is 5.43 Å². The number of nitrogens with one attached hydrogen (secondary N) is 2. The molecule has 15 heteroatoms. The number of amides is 3. The summed E-state index contributed by atoms with van der Waals surface area (Å²) in [5.41, 5.74) is 7.40. The van der Waals surface area contributed by atoms with Crippen molar-refractivity contribution in [1.29, 1.82) is 0 Å². The Bertz CT molecular complexity index is 2400. The minimum atomic E-state index is -4.54. The van der Waals surface area contributed by atoms with Gasteiger partial charge in [0.15, 0.2) is 0 Å². The number of cyclic esters (lactones) is 1. The number of fused-ring (bicyclic) bond motifs is 6. The number of nitrogens with zero attached hydrogens (tertiary/aromatic N) is 4. The summed E-state index contributed by atoms with van der Waals surface area (Å²) >= 11 is 0. The maximum Gasteiger partial charge on any atom is 0.406 e. The van der Waals surface area contributed by atoms with Gasteiger partial charge in [0.25, 0.3) is 5.91 Å². The van der Waals surface area contributed by atoms with Crippen LogP contribution >= 0.6 is 0 Å². The smallest absolute Gasteiger partial charge is 0.406 e. The van der Waals surface area contributed by atoms with Crippen LogP contribution in [0.3, 0.4) is 0 Å². The number of halogens is 3. The number of hydrogen-bond donors (Lipinski definition) is 2. The Balaban J connectivity index is 1.30. The molecule has 2 aromatic heterocycles. The number of esters is 1. The number of hydrazine groups is 1. The fraction of sp³-hybridized carbons (Fsp3) is 0.490. The maximum atomic E-state index is 14.6. The van der Waals surface area contributed by atoms with Crippen molar-refractivity contribution >= 4 is 34.6 Å². The molecule has 0 spiro atoms. The van der Waals surface area contributed by atoms with Gasteiger partial charge in [-0.15, -0.1) is 0 Å². The predicted octanol–water partition coefficient (Wildman–Crippen LogP) is 7.39. The predicted molar refractivity (Wildman–Crippen MR) is 238 cm³/mol. The van der Waals surface area contributed by atoms with E-state index in [9.17, 15) is 32.3 Å². The Hall–Kier alpha value is -5.54. The topological polar surface area (TPSA) is 135 Å². The third-order valence-corrected chi connectivity index (χ3v) is 12.4. The van der Waals surface area contributed by atoms with Crippen molar-refractivity contribution in [2.24, 2.45) is 17.3 Å². The summed E-state index contributed by atoms with van der Waals surface area (Å²) < 4.78 is 57.2. The van der Waals surface area contributed by atoms with E-state index in [-0.39, 0.29) is 55.8 Å². The van der Waals surface area contributed by atoms with Crippen LogP contribution in [0.25, 0.3) is 33.3 Å². The molecule has 3 aliphatic heterocycles. The zero-order valence-corrected chi connectivity index (χ0v) is 37.5. The van der Waals surface area contributed by atoms with Gasteiger partial charge >= 0.3 is 12.1 Å². The Kier molecular flexibility index (Phi) is 13.7. The highest BCUT2D eigenvalue weighted by Crippen LogP contribution is 2.43. The van der Waals surface area contributed by atoms with E-state index in [1.807, 2.05) is 84.0 Å². The van der Waals surface area contributed by atoms with Crippen LogP contribution in [0.15, 0.2) is 73.4 Å². The molecule has 342 valence electrons. The molecule has 0 radical (unpaired) electrons. The Labute approximate surface area is 372 Å². The minimum Gasteiger partial charge on any atom is -0.464 e.